The summed E-state index contributed by atoms with van der Waals surface area (Å²) in [7, 11) is 1.91. The van der Waals surface area contributed by atoms with Crippen LogP contribution in [-0.2, 0) is 9.53 Å². The van der Waals surface area contributed by atoms with Crippen molar-refractivity contribution in [2.45, 2.75) is 25.4 Å². The van der Waals surface area contributed by atoms with Crippen molar-refractivity contribution >= 4 is 17.7 Å². The van der Waals surface area contributed by atoms with Crippen LogP contribution in [0.4, 0.5) is 10.1 Å². The van der Waals surface area contributed by atoms with Crippen molar-refractivity contribution in [3.8, 4) is 0 Å². The van der Waals surface area contributed by atoms with Crippen molar-refractivity contribution in [1.29, 1.82) is 0 Å². The third kappa shape index (κ3) is 4.56. The molecule has 1 aliphatic rings. The second-order valence-electron chi connectivity index (χ2n) is 5.24. The zero-order valence-corrected chi connectivity index (χ0v) is 12.1. The highest BCUT2D eigenvalue weighted by Crippen LogP contribution is 2.24. The first-order chi connectivity index (χ1) is 10.1. The Bertz CT molecular complexity index is 524. The summed E-state index contributed by atoms with van der Waals surface area (Å²) in [6.45, 7) is 1.49. The van der Waals surface area contributed by atoms with E-state index in [0.29, 0.717) is 12.1 Å². The Balaban J connectivity index is 2.14. The lowest BCUT2D eigenvalue weighted by molar-refractivity contribution is -0.131. The van der Waals surface area contributed by atoms with E-state index in [0.717, 1.165) is 37.6 Å². The predicted octanol–water partition coefficient (Wildman–Crippen LogP) is 2.93. The fourth-order valence-electron chi connectivity index (χ4n) is 2.52. The van der Waals surface area contributed by atoms with Crippen molar-refractivity contribution in [2.24, 2.45) is 0 Å². The zero-order chi connectivity index (χ0) is 15.2. The molecular weight excluding hydrogens is 273 g/mol. The maximum atomic E-state index is 13.4. The summed E-state index contributed by atoms with van der Waals surface area (Å²) < 4.78 is 19.1. The molecule has 114 valence electrons. The van der Waals surface area contributed by atoms with Crippen LogP contribution in [0.5, 0.6) is 0 Å². The van der Waals surface area contributed by atoms with Crippen LogP contribution in [0.15, 0.2) is 24.3 Å². The summed E-state index contributed by atoms with van der Waals surface area (Å²) in [6, 6.07) is 4.39. The molecule has 0 amide bonds. The van der Waals surface area contributed by atoms with Crippen LogP contribution in [0.3, 0.4) is 0 Å². The molecular formula is C16H20FNO3. The Morgan fingerprint density at radius 1 is 1.52 bits per heavy atom. The largest absolute Gasteiger partial charge is 0.478 e. The van der Waals surface area contributed by atoms with Gasteiger partial charge in [0.1, 0.15) is 5.82 Å². The van der Waals surface area contributed by atoms with E-state index in [4.69, 9.17) is 9.84 Å². The second kappa shape index (κ2) is 7.22. The number of rotatable bonds is 5. The molecule has 1 atom stereocenters. The normalized spacial score (nSPS) is 18.9. The molecule has 0 radical (unpaired) electrons. The minimum absolute atomic E-state index is 0.171. The number of likely N-dealkylation sites (N-methyl/N-ethyl adjacent to an activating group) is 1. The Morgan fingerprint density at radius 3 is 3.00 bits per heavy atom. The molecule has 1 aliphatic heterocycles. The first-order valence-corrected chi connectivity index (χ1v) is 7.09. The number of nitrogens with zero attached hydrogens (tertiary/aromatic N) is 1. The molecule has 0 bridgehead atoms. The van der Waals surface area contributed by atoms with E-state index in [1.807, 2.05) is 11.9 Å². The van der Waals surface area contributed by atoms with Gasteiger partial charge < -0.3 is 14.7 Å². The number of hydrogen-bond acceptors (Lipinski definition) is 3. The lowest BCUT2D eigenvalue weighted by atomic mass is 10.1. The van der Waals surface area contributed by atoms with Crippen molar-refractivity contribution in [1.82, 2.24) is 0 Å². The van der Waals surface area contributed by atoms with Crippen molar-refractivity contribution in [2.75, 3.05) is 25.1 Å². The standard InChI is InChI=1S/C16H20FNO3/c1-18(11-14-4-2-3-9-21-14)15-7-6-13(17)10-12(15)5-8-16(19)20/h5-8,10,14H,2-4,9,11H2,1H3,(H,19,20). The Morgan fingerprint density at radius 2 is 2.33 bits per heavy atom. The monoisotopic (exact) mass is 293 g/mol. The van der Waals surface area contributed by atoms with Crippen LogP contribution >= 0.6 is 0 Å². The number of carbonyl (C=O) groups is 1. The molecule has 0 spiro atoms. The summed E-state index contributed by atoms with van der Waals surface area (Å²) in [5.41, 5.74) is 1.35. The molecule has 2 rings (SSSR count). The van der Waals surface area contributed by atoms with E-state index in [1.54, 1.807) is 6.07 Å². The van der Waals surface area contributed by atoms with E-state index in [-0.39, 0.29) is 11.9 Å². The number of carboxylic acid groups (broad SMARTS) is 1. The number of ether oxygens (including phenoxy) is 1. The zero-order valence-electron chi connectivity index (χ0n) is 12.1. The van der Waals surface area contributed by atoms with Gasteiger partial charge in [0.25, 0.3) is 0 Å². The van der Waals surface area contributed by atoms with Crippen LogP contribution in [0.2, 0.25) is 0 Å². The molecule has 1 heterocycles. The van der Waals surface area contributed by atoms with Crippen LogP contribution < -0.4 is 4.90 Å². The SMILES string of the molecule is CN(CC1CCCCO1)c1ccc(F)cc1C=CC(=O)O. The number of halogens is 1. The van der Waals surface area contributed by atoms with Gasteiger partial charge in [0, 0.05) is 37.5 Å². The van der Waals surface area contributed by atoms with E-state index in [9.17, 15) is 9.18 Å². The summed E-state index contributed by atoms with van der Waals surface area (Å²) in [6.07, 6.45) is 5.88. The summed E-state index contributed by atoms with van der Waals surface area (Å²) in [5.74, 6) is -1.44. The smallest absolute Gasteiger partial charge is 0.328 e. The van der Waals surface area contributed by atoms with Crippen LogP contribution in [-0.4, -0.2) is 37.4 Å². The summed E-state index contributed by atoms with van der Waals surface area (Å²) in [5, 5.41) is 8.72. The Hall–Kier alpha value is -1.88. The van der Waals surface area contributed by atoms with Gasteiger partial charge in [0.05, 0.1) is 6.10 Å². The quantitative estimate of drug-likeness (QED) is 0.848. The highest BCUT2D eigenvalue weighted by molar-refractivity contribution is 5.87. The third-order valence-electron chi connectivity index (χ3n) is 3.56. The predicted molar refractivity (Wildman–Crippen MR) is 79.9 cm³/mol. The number of aliphatic carboxylic acids is 1. The fraction of sp³-hybridized carbons (Fsp3) is 0.438. The maximum absolute atomic E-state index is 13.4. The van der Waals surface area contributed by atoms with Gasteiger partial charge in [-0.3, -0.25) is 0 Å². The average Bonchev–Trinajstić information content (AvgIpc) is 2.46. The summed E-state index contributed by atoms with van der Waals surface area (Å²) in [4.78, 5) is 12.6. The molecule has 1 aromatic carbocycles. The lowest BCUT2D eigenvalue weighted by Gasteiger charge is -2.29. The molecule has 21 heavy (non-hydrogen) atoms. The molecule has 1 fully saturated rings. The maximum Gasteiger partial charge on any atom is 0.328 e. The number of carboxylic acids is 1. The highest BCUT2D eigenvalue weighted by Gasteiger charge is 2.17. The van der Waals surface area contributed by atoms with Gasteiger partial charge >= 0.3 is 5.97 Å². The molecule has 5 heteroatoms. The molecule has 4 nitrogen and oxygen atoms in total. The van der Waals surface area contributed by atoms with Gasteiger partial charge in [-0.05, 0) is 43.5 Å². The topological polar surface area (TPSA) is 49.8 Å². The summed E-state index contributed by atoms with van der Waals surface area (Å²) >= 11 is 0. The van der Waals surface area contributed by atoms with Crippen LogP contribution in [0.1, 0.15) is 24.8 Å². The van der Waals surface area contributed by atoms with E-state index in [2.05, 4.69) is 0 Å². The van der Waals surface area contributed by atoms with Gasteiger partial charge in [-0.15, -0.1) is 0 Å². The molecule has 1 saturated heterocycles. The van der Waals surface area contributed by atoms with E-state index < -0.39 is 5.97 Å². The third-order valence-corrected chi connectivity index (χ3v) is 3.56. The van der Waals surface area contributed by atoms with E-state index >= 15 is 0 Å². The van der Waals surface area contributed by atoms with Crippen molar-refractivity contribution in [3.63, 3.8) is 0 Å². The minimum atomic E-state index is -1.05. The minimum Gasteiger partial charge on any atom is -0.478 e. The number of hydrogen-bond donors (Lipinski definition) is 1. The van der Waals surface area contributed by atoms with Crippen molar-refractivity contribution < 1.29 is 19.0 Å². The molecule has 0 aromatic heterocycles. The number of anilines is 1. The highest BCUT2D eigenvalue weighted by atomic mass is 19.1. The van der Waals surface area contributed by atoms with Gasteiger partial charge in [-0.1, -0.05) is 0 Å². The first-order valence-electron chi connectivity index (χ1n) is 7.09. The van der Waals surface area contributed by atoms with Crippen molar-refractivity contribution in [3.05, 3.63) is 35.7 Å². The molecule has 1 unspecified atom stereocenters. The van der Waals surface area contributed by atoms with Gasteiger partial charge in [-0.2, -0.15) is 0 Å². The van der Waals surface area contributed by atoms with Crippen LogP contribution in [0, 0.1) is 5.82 Å². The van der Waals surface area contributed by atoms with Crippen LogP contribution in [0.25, 0.3) is 6.08 Å². The Labute approximate surface area is 123 Å². The average molecular weight is 293 g/mol. The fourth-order valence-corrected chi connectivity index (χ4v) is 2.52. The number of benzene rings is 1. The van der Waals surface area contributed by atoms with E-state index in [1.165, 1.54) is 18.2 Å². The first kappa shape index (κ1) is 15.5. The second-order valence-corrected chi connectivity index (χ2v) is 5.24. The van der Waals surface area contributed by atoms with Gasteiger partial charge in [-0.25, -0.2) is 9.18 Å². The molecule has 1 N–H and O–H groups in total. The molecule has 1 aromatic rings. The van der Waals surface area contributed by atoms with Gasteiger partial charge in [0.2, 0.25) is 0 Å². The lowest BCUT2D eigenvalue weighted by Crippen LogP contribution is -2.33. The van der Waals surface area contributed by atoms with Gasteiger partial charge in [0.15, 0.2) is 0 Å². The Kier molecular flexibility index (Phi) is 5.33. The molecule has 0 aliphatic carbocycles. The molecule has 0 saturated carbocycles.